The summed E-state index contributed by atoms with van der Waals surface area (Å²) in [7, 11) is -2.23. The molecule has 0 aliphatic carbocycles. The Morgan fingerprint density at radius 2 is 1.56 bits per heavy atom. The number of amides is 2. The Morgan fingerprint density at radius 1 is 1.00 bits per heavy atom. The number of hydrogen-bond donors (Lipinski definition) is 1. The third-order valence-corrected chi connectivity index (χ3v) is 6.45. The van der Waals surface area contributed by atoms with Gasteiger partial charge in [0.2, 0.25) is 21.8 Å². The molecule has 2 amide bonds. The van der Waals surface area contributed by atoms with E-state index in [1.54, 1.807) is 19.1 Å². The molecule has 174 valence electrons. The first-order chi connectivity index (χ1) is 14.8. The topological polar surface area (TPSA) is 86.8 Å². The highest BCUT2D eigenvalue weighted by Gasteiger charge is 2.29. The Labute approximate surface area is 191 Å². The molecule has 1 atom stereocenters. The van der Waals surface area contributed by atoms with E-state index in [-0.39, 0.29) is 17.9 Å². The van der Waals surface area contributed by atoms with Crippen LogP contribution in [0, 0.1) is 0 Å². The van der Waals surface area contributed by atoms with Gasteiger partial charge in [-0.3, -0.25) is 13.9 Å². The van der Waals surface area contributed by atoms with Crippen molar-refractivity contribution in [3.8, 4) is 0 Å². The van der Waals surface area contributed by atoms with Crippen LogP contribution >= 0.6 is 0 Å². The lowest BCUT2D eigenvalue weighted by molar-refractivity contribution is -0.139. The molecule has 0 saturated carbocycles. The van der Waals surface area contributed by atoms with Crippen LogP contribution in [0.2, 0.25) is 0 Å². The van der Waals surface area contributed by atoms with Crippen LogP contribution in [-0.2, 0) is 31.6 Å². The van der Waals surface area contributed by atoms with Crippen molar-refractivity contribution in [3.63, 3.8) is 0 Å². The third kappa shape index (κ3) is 6.56. The van der Waals surface area contributed by atoms with E-state index >= 15 is 0 Å². The van der Waals surface area contributed by atoms with Crippen molar-refractivity contribution in [3.05, 3.63) is 65.7 Å². The van der Waals surface area contributed by atoms with Crippen molar-refractivity contribution in [2.75, 3.05) is 24.2 Å². The zero-order chi connectivity index (χ0) is 24.1. The Bertz CT molecular complexity index is 1030. The van der Waals surface area contributed by atoms with Crippen molar-refractivity contribution >= 4 is 27.5 Å². The van der Waals surface area contributed by atoms with Gasteiger partial charge in [-0.2, -0.15) is 0 Å². The van der Waals surface area contributed by atoms with Gasteiger partial charge in [0.15, 0.2) is 0 Å². The van der Waals surface area contributed by atoms with Crippen molar-refractivity contribution in [1.29, 1.82) is 0 Å². The second kappa shape index (κ2) is 10.2. The average Bonchev–Trinajstić information content (AvgIpc) is 2.74. The predicted octanol–water partition coefficient (Wildman–Crippen LogP) is 2.91. The fraction of sp³-hybridized carbons (Fsp3) is 0.417. The molecule has 0 bridgehead atoms. The van der Waals surface area contributed by atoms with Gasteiger partial charge < -0.3 is 10.2 Å². The minimum absolute atomic E-state index is 0.0836. The van der Waals surface area contributed by atoms with Crippen LogP contribution in [0.15, 0.2) is 54.6 Å². The number of benzene rings is 2. The molecule has 0 heterocycles. The minimum Gasteiger partial charge on any atom is -0.357 e. The average molecular weight is 460 g/mol. The van der Waals surface area contributed by atoms with E-state index in [9.17, 15) is 18.0 Å². The molecule has 0 saturated heterocycles. The molecule has 2 aromatic rings. The lowest BCUT2D eigenvalue weighted by Gasteiger charge is -2.31. The smallest absolute Gasteiger partial charge is 0.244 e. The summed E-state index contributed by atoms with van der Waals surface area (Å²) in [6.07, 6.45) is 1.07. The number of anilines is 1. The zero-order valence-corrected chi connectivity index (χ0v) is 20.4. The highest BCUT2D eigenvalue weighted by atomic mass is 32.2. The van der Waals surface area contributed by atoms with Gasteiger partial charge in [0.25, 0.3) is 0 Å². The maximum Gasteiger partial charge on any atom is 0.244 e. The number of likely N-dealkylation sites (N-methyl/N-ethyl adjacent to an activating group) is 1. The summed E-state index contributed by atoms with van der Waals surface area (Å²) in [6.45, 7) is 7.63. The van der Waals surface area contributed by atoms with Crippen LogP contribution < -0.4 is 9.62 Å². The maximum absolute atomic E-state index is 13.3. The molecular formula is C24H33N3O4S. The van der Waals surface area contributed by atoms with Crippen LogP contribution in [0.5, 0.6) is 0 Å². The zero-order valence-electron chi connectivity index (χ0n) is 19.6. The fourth-order valence-corrected chi connectivity index (χ4v) is 4.16. The van der Waals surface area contributed by atoms with Crippen molar-refractivity contribution < 1.29 is 18.0 Å². The molecule has 7 nitrogen and oxygen atoms in total. The number of nitrogens with one attached hydrogen (secondary N) is 1. The lowest BCUT2D eigenvalue weighted by atomic mass is 9.87. The molecule has 0 aromatic heterocycles. The van der Waals surface area contributed by atoms with Gasteiger partial charge in [-0.25, -0.2) is 8.42 Å². The Balaban J connectivity index is 2.36. The largest absolute Gasteiger partial charge is 0.357 e. The van der Waals surface area contributed by atoms with Gasteiger partial charge in [0, 0.05) is 13.6 Å². The Morgan fingerprint density at radius 3 is 2.03 bits per heavy atom. The molecule has 0 spiro atoms. The van der Waals surface area contributed by atoms with E-state index in [1.807, 2.05) is 42.5 Å². The van der Waals surface area contributed by atoms with Crippen LogP contribution in [0.1, 0.15) is 38.8 Å². The predicted molar refractivity (Wildman–Crippen MR) is 128 cm³/mol. The molecule has 0 radical (unpaired) electrons. The van der Waals surface area contributed by atoms with Gasteiger partial charge in [0.1, 0.15) is 12.6 Å². The van der Waals surface area contributed by atoms with Crippen LogP contribution in [0.3, 0.4) is 0 Å². The number of rotatable bonds is 8. The highest BCUT2D eigenvalue weighted by Crippen LogP contribution is 2.26. The molecule has 8 heteroatoms. The monoisotopic (exact) mass is 459 g/mol. The fourth-order valence-electron chi connectivity index (χ4n) is 3.31. The molecule has 2 rings (SSSR count). The first kappa shape index (κ1) is 25.4. The summed E-state index contributed by atoms with van der Waals surface area (Å²) in [5, 5.41) is 2.56. The molecule has 2 aromatic carbocycles. The van der Waals surface area contributed by atoms with E-state index < -0.39 is 28.5 Å². The maximum atomic E-state index is 13.3. The normalized spacial score (nSPS) is 12.7. The molecule has 0 aliphatic heterocycles. The van der Waals surface area contributed by atoms with Gasteiger partial charge in [0.05, 0.1) is 11.9 Å². The highest BCUT2D eigenvalue weighted by molar-refractivity contribution is 7.92. The van der Waals surface area contributed by atoms with Gasteiger partial charge >= 0.3 is 0 Å². The van der Waals surface area contributed by atoms with E-state index in [0.717, 1.165) is 21.7 Å². The Kier molecular flexibility index (Phi) is 8.07. The summed E-state index contributed by atoms with van der Waals surface area (Å²) < 4.78 is 26.2. The molecule has 1 N–H and O–H groups in total. The van der Waals surface area contributed by atoms with Gasteiger partial charge in [-0.15, -0.1) is 0 Å². The molecule has 32 heavy (non-hydrogen) atoms. The number of carbonyl (C=O) groups excluding carboxylic acids is 2. The molecular weight excluding hydrogens is 426 g/mol. The first-order valence-corrected chi connectivity index (χ1v) is 12.3. The van der Waals surface area contributed by atoms with E-state index in [2.05, 4.69) is 26.1 Å². The molecule has 0 fully saturated rings. The van der Waals surface area contributed by atoms with Gasteiger partial charge in [-0.05, 0) is 35.6 Å². The second-order valence-corrected chi connectivity index (χ2v) is 10.8. The van der Waals surface area contributed by atoms with Crippen molar-refractivity contribution in [2.24, 2.45) is 0 Å². The number of sulfonamides is 1. The molecule has 0 unspecified atom stereocenters. The van der Waals surface area contributed by atoms with E-state index in [1.165, 1.54) is 11.9 Å². The molecule has 0 aliphatic rings. The van der Waals surface area contributed by atoms with Crippen LogP contribution in [0.4, 0.5) is 5.69 Å². The van der Waals surface area contributed by atoms with Crippen LogP contribution in [0.25, 0.3) is 0 Å². The number of hydrogen-bond acceptors (Lipinski definition) is 4. The summed E-state index contributed by atoms with van der Waals surface area (Å²) >= 11 is 0. The SMILES string of the molecule is CNC(=O)[C@H](C)N(Cc1ccccc1)C(=O)CN(c1ccc(C(C)(C)C)cc1)S(C)(=O)=O. The quantitative estimate of drug-likeness (QED) is 0.658. The second-order valence-electron chi connectivity index (χ2n) is 8.86. The summed E-state index contributed by atoms with van der Waals surface area (Å²) in [5.41, 5.74) is 2.22. The summed E-state index contributed by atoms with van der Waals surface area (Å²) in [5.74, 6) is -0.787. The summed E-state index contributed by atoms with van der Waals surface area (Å²) in [6, 6.07) is 15.7. The first-order valence-electron chi connectivity index (χ1n) is 10.5. The van der Waals surface area contributed by atoms with Crippen molar-refractivity contribution in [2.45, 2.75) is 45.7 Å². The minimum atomic E-state index is -3.73. The lowest BCUT2D eigenvalue weighted by Crippen LogP contribution is -2.50. The van der Waals surface area contributed by atoms with Crippen LogP contribution in [-0.4, -0.2) is 51.0 Å². The third-order valence-electron chi connectivity index (χ3n) is 5.31. The Hall–Kier alpha value is -2.87. The van der Waals surface area contributed by atoms with E-state index in [4.69, 9.17) is 0 Å². The number of carbonyl (C=O) groups is 2. The number of nitrogens with zero attached hydrogens (tertiary/aromatic N) is 2. The van der Waals surface area contributed by atoms with Gasteiger partial charge in [-0.1, -0.05) is 63.2 Å². The standard InChI is InChI=1S/C24H33N3O4S/c1-18(23(29)25-5)26(16-19-10-8-7-9-11-19)22(28)17-27(32(6,30)31)21-14-12-20(13-15-21)24(2,3)4/h7-15,18H,16-17H2,1-6H3,(H,25,29)/t18-/m0/s1. The van der Waals surface area contributed by atoms with Crippen molar-refractivity contribution in [1.82, 2.24) is 10.2 Å². The summed E-state index contributed by atoms with van der Waals surface area (Å²) in [4.78, 5) is 27.0. The van der Waals surface area contributed by atoms with E-state index in [0.29, 0.717) is 5.69 Å².